The van der Waals surface area contributed by atoms with Gasteiger partial charge < -0.3 is 0 Å². The molecule has 1 aromatic rings. The Labute approximate surface area is 93.4 Å². The summed E-state index contributed by atoms with van der Waals surface area (Å²) in [6.45, 7) is -0.602. The molecule has 0 aliphatic rings. The Morgan fingerprint density at radius 3 is 2.60 bits per heavy atom. The fourth-order valence-corrected chi connectivity index (χ4v) is 2.29. The van der Waals surface area contributed by atoms with Gasteiger partial charge in [0.1, 0.15) is 4.90 Å². The lowest BCUT2D eigenvalue weighted by Gasteiger charge is -2.03. The lowest BCUT2D eigenvalue weighted by molar-refractivity contribution is 0.140. The van der Waals surface area contributed by atoms with Gasteiger partial charge >= 0.3 is 18.8 Å². The van der Waals surface area contributed by atoms with E-state index in [0.29, 0.717) is 0 Å². The zero-order valence-corrected chi connectivity index (χ0v) is 9.92. The van der Waals surface area contributed by atoms with E-state index in [1.165, 1.54) is 18.2 Å². The molecule has 5 nitrogen and oxygen atoms in total. The molecule has 0 saturated heterocycles. The summed E-state index contributed by atoms with van der Waals surface area (Å²) < 4.78 is 41.5. The van der Waals surface area contributed by atoms with Crippen molar-refractivity contribution >= 4 is 30.4 Å². The highest BCUT2D eigenvalue weighted by atomic mass is 35.5. The molecule has 0 heterocycles. The molecule has 0 amide bonds. The van der Waals surface area contributed by atoms with Gasteiger partial charge in [-0.3, -0.25) is 0 Å². The van der Waals surface area contributed by atoms with Crippen molar-refractivity contribution in [2.75, 3.05) is 6.79 Å². The van der Waals surface area contributed by atoms with Gasteiger partial charge in [0.15, 0.2) is 0 Å². The highest BCUT2D eigenvalue weighted by molar-refractivity contribution is 7.86. The third-order valence-corrected chi connectivity index (χ3v) is 3.41. The van der Waals surface area contributed by atoms with Gasteiger partial charge in [-0.1, -0.05) is 23.7 Å². The third kappa shape index (κ3) is 3.52. The second kappa shape index (κ2) is 5.53. The first kappa shape index (κ1) is 12.5. The molecule has 0 N–H and O–H groups in total. The van der Waals surface area contributed by atoms with Crippen LogP contribution in [-0.2, 0) is 23.4 Å². The lowest BCUT2D eigenvalue weighted by Crippen LogP contribution is -2.08. The molecule has 1 atom stereocenters. The van der Waals surface area contributed by atoms with Crippen molar-refractivity contribution in [3.63, 3.8) is 0 Å². The number of hydrogen-bond acceptors (Lipinski definition) is 5. The molecule has 0 saturated carbocycles. The second-order valence-electron chi connectivity index (χ2n) is 2.35. The largest absolute Gasteiger partial charge is 0.496 e. The summed E-state index contributed by atoms with van der Waals surface area (Å²) in [7, 11) is -5.03. The van der Waals surface area contributed by atoms with Crippen LogP contribution >= 0.6 is 20.3 Å². The smallest absolute Gasteiger partial charge is 0.232 e. The summed E-state index contributed by atoms with van der Waals surface area (Å²) in [5.41, 5.74) is 0. The molecule has 0 radical (unpaired) electrons. The van der Waals surface area contributed by atoms with Crippen molar-refractivity contribution in [3.8, 4) is 0 Å². The van der Waals surface area contributed by atoms with E-state index in [4.69, 9.17) is 11.6 Å². The molecule has 1 unspecified atom stereocenters. The van der Waals surface area contributed by atoms with Gasteiger partial charge in [0, 0.05) is 0 Å². The highest BCUT2D eigenvalue weighted by Gasteiger charge is 2.18. The SMILES string of the molecule is O=[PH+]OCOS(=O)(=O)c1ccccc1Cl. The summed E-state index contributed by atoms with van der Waals surface area (Å²) in [4.78, 5) is -0.149. The van der Waals surface area contributed by atoms with E-state index in [9.17, 15) is 13.0 Å². The second-order valence-corrected chi connectivity index (χ2v) is 4.79. The maximum absolute atomic E-state index is 11.4. The van der Waals surface area contributed by atoms with Crippen LogP contribution < -0.4 is 0 Å². The van der Waals surface area contributed by atoms with Gasteiger partial charge in [0.2, 0.25) is 6.79 Å². The van der Waals surface area contributed by atoms with Gasteiger partial charge in [-0.05, 0) is 16.7 Å². The molecule has 0 spiro atoms. The highest BCUT2D eigenvalue weighted by Crippen LogP contribution is 2.22. The average molecular weight is 270 g/mol. The summed E-state index contributed by atoms with van der Waals surface area (Å²) >= 11 is 5.66. The van der Waals surface area contributed by atoms with Crippen LogP contribution in [0.4, 0.5) is 0 Å². The maximum atomic E-state index is 11.4. The van der Waals surface area contributed by atoms with Gasteiger partial charge in [0.05, 0.1) is 5.02 Å². The fourth-order valence-electron chi connectivity index (χ4n) is 0.822. The third-order valence-electron chi connectivity index (χ3n) is 1.43. The van der Waals surface area contributed by atoms with Crippen molar-refractivity contribution in [3.05, 3.63) is 29.3 Å². The predicted octanol–water partition coefficient (Wildman–Crippen LogP) is 1.96. The zero-order valence-electron chi connectivity index (χ0n) is 7.34. The monoisotopic (exact) mass is 269 g/mol. The molecule has 15 heavy (non-hydrogen) atoms. The van der Waals surface area contributed by atoms with Gasteiger partial charge in [-0.2, -0.15) is 8.42 Å². The Morgan fingerprint density at radius 2 is 2.00 bits per heavy atom. The van der Waals surface area contributed by atoms with E-state index in [2.05, 4.69) is 8.71 Å². The lowest BCUT2D eigenvalue weighted by atomic mass is 10.4. The van der Waals surface area contributed by atoms with E-state index < -0.39 is 25.6 Å². The van der Waals surface area contributed by atoms with Crippen LogP contribution in [0, 0.1) is 0 Å². The van der Waals surface area contributed by atoms with Crippen LogP contribution in [0.5, 0.6) is 0 Å². The van der Waals surface area contributed by atoms with E-state index >= 15 is 0 Å². The predicted molar refractivity (Wildman–Crippen MR) is 54.7 cm³/mol. The van der Waals surface area contributed by atoms with E-state index in [0.717, 1.165) is 0 Å². The number of rotatable bonds is 5. The number of benzene rings is 1. The quantitative estimate of drug-likeness (QED) is 0.354. The van der Waals surface area contributed by atoms with Crippen molar-refractivity contribution in [2.24, 2.45) is 0 Å². The summed E-state index contributed by atoms with van der Waals surface area (Å²) in [5, 5.41) is 0.0575. The van der Waals surface area contributed by atoms with Crippen LogP contribution in [0.3, 0.4) is 0 Å². The Kier molecular flexibility index (Phi) is 4.63. The minimum Gasteiger partial charge on any atom is -0.232 e. The first-order valence-corrected chi connectivity index (χ1v) is 6.31. The van der Waals surface area contributed by atoms with Crippen molar-refractivity contribution < 1.29 is 21.7 Å². The van der Waals surface area contributed by atoms with E-state index in [-0.39, 0.29) is 9.92 Å². The minimum absolute atomic E-state index is 0.0575. The van der Waals surface area contributed by atoms with Crippen LogP contribution in [0.15, 0.2) is 29.2 Å². The van der Waals surface area contributed by atoms with Crippen molar-refractivity contribution in [1.29, 1.82) is 0 Å². The molecular weight excluding hydrogens is 263 g/mol. The molecule has 1 rings (SSSR count). The molecule has 0 fully saturated rings. The van der Waals surface area contributed by atoms with E-state index in [1.54, 1.807) is 6.07 Å². The van der Waals surface area contributed by atoms with Gasteiger partial charge in [-0.25, -0.2) is 4.18 Å². The average Bonchev–Trinajstić information content (AvgIpc) is 2.18. The molecule has 0 bridgehead atoms. The van der Waals surface area contributed by atoms with Crippen LogP contribution in [0.2, 0.25) is 5.02 Å². The summed E-state index contributed by atoms with van der Waals surface area (Å²) in [6.07, 6.45) is 0. The first-order valence-electron chi connectivity index (χ1n) is 3.71. The topological polar surface area (TPSA) is 69.7 Å². The molecular formula is C7H7ClO5PS+. The molecule has 82 valence electrons. The van der Waals surface area contributed by atoms with Gasteiger partial charge in [-0.15, -0.1) is 4.52 Å². The Morgan fingerprint density at radius 1 is 1.33 bits per heavy atom. The first-order chi connectivity index (χ1) is 7.08. The number of hydrogen-bond donors (Lipinski definition) is 0. The zero-order chi connectivity index (χ0) is 11.3. The molecule has 1 aromatic carbocycles. The standard InChI is InChI=1S/C7H7ClO5PS/c8-6-3-1-2-4-7(6)15(10,11)13-5-12-14-9/h1-4,14H,5H2/q+1. The summed E-state index contributed by atoms with van der Waals surface area (Å²) in [6, 6.07) is 5.83. The van der Waals surface area contributed by atoms with Crippen molar-refractivity contribution in [2.45, 2.75) is 4.90 Å². The van der Waals surface area contributed by atoms with Crippen LogP contribution in [0.25, 0.3) is 0 Å². The Balaban J connectivity index is 2.87. The number of halogens is 1. The van der Waals surface area contributed by atoms with Crippen molar-refractivity contribution in [1.82, 2.24) is 0 Å². The fraction of sp³-hybridized carbons (Fsp3) is 0.143. The minimum atomic E-state index is -3.95. The maximum Gasteiger partial charge on any atom is 0.496 e. The Hall–Kier alpha value is -0.520. The molecule has 0 aromatic heterocycles. The van der Waals surface area contributed by atoms with Crippen LogP contribution in [0.1, 0.15) is 0 Å². The molecule has 0 aliphatic carbocycles. The van der Waals surface area contributed by atoms with Gasteiger partial charge in [0.25, 0.3) is 0 Å². The van der Waals surface area contributed by atoms with E-state index in [1.807, 2.05) is 0 Å². The normalized spacial score (nSPS) is 11.8. The Bertz CT molecular complexity index is 446. The molecule has 0 aliphatic heterocycles. The van der Waals surface area contributed by atoms with Crippen LogP contribution in [-0.4, -0.2) is 15.2 Å². The summed E-state index contributed by atoms with van der Waals surface area (Å²) in [5.74, 6) is 0. The molecule has 8 heteroatoms.